The molecule has 2 aliphatic rings. The first kappa shape index (κ1) is 13.4. The van der Waals surface area contributed by atoms with Crippen molar-refractivity contribution in [3.8, 4) is 0 Å². The second kappa shape index (κ2) is 5.33. The predicted molar refractivity (Wildman–Crippen MR) is 71.1 cm³/mol. The lowest BCUT2D eigenvalue weighted by molar-refractivity contribution is 0.0641. The summed E-state index contributed by atoms with van der Waals surface area (Å²) in [6, 6.07) is 1.77. The Kier molecular flexibility index (Phi) is 3.97. The molecule has 1 aromatic rings. The lowest BCUT2D eigenvalue weighted by Gasteiger charge is -2.34. The number of furan rings is 1. The lowest BCUT2D eigenvalue weighted by Crippen LogP contribution is -2.43. The van der Waals surface area contributed by atoms with E-state index in [0.29, 0.717) is 5.92 Å². The van der Waals surface area contributed by atoms with Crippen LogP contribution in [-0.4, -0.2) is 37.0 Å². The van der Waals surface area contributed by atoms with Crippen molar-refractivity contribution >= 4 is 18.3 Å². The topological polar surface area (TPSA) is 45.5 Å². The van der Waals surface area contributed by atoms with E-state index in [2.05, 4.69) is 5.32 Å². The smallest absolute Gasteiger partial charge is 0.257 e. The van der Waals surface area contributed by atoms with Crippen molar-refractivity contribution in [2.75, 3.05) is 26.2 Å². The summed E-state index contributed by atoms with van der Waals surface area (Å²) < 4.78 is 5.20. The van der Waals surface area contributed by atoms with E-state index in [-0.39, 0.29) is 18.3 Å². The third kappa shape index (κ3) is 2.27. The third-order valence-corrected chi connectivity index (χ3v) is 4.08. The highest BCUT2D eigenvalue weighted by atomic mass is 35.5. The number of likely N-dealkylation sites (tertiary alicyclic amines) is 1. The van der Waals surface area contributed by atoms with E-state index in [0.717, 1.165) is 49.8 Å². The van der Waals surface area contributed by atoms with Crippen LogP contribution >= 0.6 is 12.4 Å². The van der Waals surface area contributed by atoms with Crippen LogP contribution in [0.2, 0.25) is 0 Å². The van der Waals surface area contributed by atoms with Crippen molar-refractivity contribution in [1.82, 2.24) is 10.2 Å². The molecule has 0 spiro atoms. The molecule has 2 saturated heterocycles. The van der Waals surface area contributed by atoms with E-state index in [1.807, 2.05) is 11.8 Å². The molecule has 0 aromatic carbocycles. The van der Waals surface area contributed by atoms with Gasteiger partial charge in [0.1, 0.15) is 5.76 Å². The number of nitrogens with zero attached hydrogens (tertiary/aromatic N) is 1. The number of carbonyl (C=O) groups excluding carboxylic acids is 1. The summed E-state index contributed by atoms with van der Waals surface area (Å²) in [5.41, 5.74) is 0.717. The normalized spacial score (nSPS) is 26.6. The first-order chi connectivity index (χ1) is 8.25. The molecule has 2 fully saturated rings. The van der Waals surface area contributed by atoms with Crippen LogP contribution in [0, 0.1) is 18.8 Å². The Bertz CT molecular complexity index is 432. The fourth-order valence-electron chi connectivity index (χ4n) is 3.00. The van der Waals surface area contributed by atoms with E-state index in [1.165, 1.54) is 0 Å². The summed E-state index contributed by atoms with van der Waals surface area (Å²) in [7, 11) is 0. The maximum Gasteiger partial charge on any atom is 0.257 e. The van der Waals surface area contributed by atoms with Crippen molar-refractivity contribution in [3.63, 3.8) is 0 Å². The molecule has 0 bridgehead atoms. The highest BCUT2D eigenvalue weighted by molar-refractivity contribution is 5.95. The van der Waals surface area contributed by atoms with Crippen LogP contribution in [0.3, 0.4) is 0 Å². The quantitative estimate of drug-likeness (QED) is 0.845. The number of hydrogen-bond acceptors (Lipinski definition) is 3. The molecule has 0 aliphatic carbocycles. The molecule has 0 saturated carbocycles. The van der Waals surface area contributed by atoms with Gasteiger partial charge >= 0.3 is 0 Å². The zero-order chi connectivity index (χ0) is 11.8. The highest BCUT2D eigenvalue weighted by Gasteiger charge is 2.35. The van der Waals surface area contributed by atoms with E-state index in [1.54, 1.807) is 12.3 Å². The second-order valence-corrected chi connectivity index (χ2v) is 5.11. The molecule has 1 N–H and O–H groups in total. The van der Waals surface area contributed by atoms with E-state index in [9.17, 15) is 4.79 Å². The van der Waals surface area contributed by atoms with Gasteiger partial charge in [-0.1, -0.05) is 0 Å². The second-order valence-electron chi connectivity index (χ2n) is 5.11. The molecule has 4 nitrogen and oxygen atoms in total. The molecule has 2 aliphatic heterocycles. The lowest BCUT2D eigenvalue weighted by atomic mass is 9.88. The zero-order valence-electron chi connectivity index (χ0n) is 10.5. The minimum Gasteiger partial charge on any atom is -0.469 e. The summed E-state index contributed by atoms with van der Waals surface area (Å²) in [4.78, 5) is 14.3. The summed E-state index contributed by atoms with van der Waals surface area (Å²) in [6.45, 7) is 5.79. The van der Waals surface area contributed by atoms with Crippen LogP contribution in [0.1, 0.15) is 22.5 Å². The van der Waals surface area contributed by atoms with E-state index < -0.39 is 0 Å². The van der Waals surface area contributed by atoms with Crippen LogP contribution in [0.25, 0.3) is 0 Å². The standard InChI is InChI=1S/C13H18N2O2.ClH/c1-9-12(3-5-17-9)13(16)15-4-2-10-6-14-7-11(10)8-15;/h3,5,10-11,14H,2,4,6-8H2,1H3;1H. The molecular weight excluding hydrogens is 252 g/mol. The molecule has 2 unspecified atom stereocenters. The minimum atomic E-state index is 0. The number of carbonyl (C=O) groups is 1. The first-order valence-electron chi connectivity index (χ1n) is 6.30. The Balaban J connectivity index is 0.00000120. The maximum atomic E-state index is 12.3. The van der Waals surface area contributed by atoms with Gasteiger partial charge in [0.25, 0.3) is 5.91 Å². The Morgan fingerprint density at radius 1 is 1.44 bits per heavy atom. The predicted octanol–water partition coefficient (Wildman–Crippen LogP) is 1.69. The number of amides is 1. The molecule has 3 rings (SSSR count). The fourth-order valence-corrected chi connectivity index (χ4v) is 3.00. The molecule has 1 aromatic heterocycles. The largest absolute Gasteiger partial charge is 0.469 e. The van der Waals surface area contributed by atoms with Gasteiger partial charge in [0.15, 0.2) is 0 Å². The number of piperidine rings is 1. The summed E-state index contributed by atoms with van der Waals surface area (Å²) >= 11 is 0. The fraction of sp³-hybridized carbons (Fsp3) is 0.615. The third-order valence-electron chi connectivity index (χ3n) is 4.08. The molecule has 1 amide bonds. The molecule has 3 heterocycles. The van der Waals surface area contributed by atoms with Gasteiger partial charge < -0.3 is 14.6 Å². The number of halogens is 1. The minimum absolute atomic E-state index is 0. The summed E-state index contributed by atoms with van der Waals surface area (Å²) in [5.74, 6) is 2.26. The van der Waals surface area contributed by atoms with Crippen LogP contribution in [0.4, 0.5) is 0 Å². The molecule has 0 radical (unpaired) electrons. The van der Waals surface area contributed by atoms with Crippen LogP contribution in [0.15, 0.2) is 16.7 Å². The molecule has 2 atom stereocenters. The summed E-state index contributed by atoms with van der Waals surface area (Å²) in [5, 5.41) is 3.41. The SMILES string of the molecule is Cc1occc1C(=O)N1CCC2CNCC2C1.Cl. The first-order valence-corrected chi connectivity index (χ1v) is 6.30. The molecule has 18 heavy (non-hydrogen) atoms. The van der Waals surface area contributed by atoms with Crippen molar-refractivity contribution < 1.29 is 9.21 Å². The zero-order valence-corrected chi connectivity index (χ0v) is 11.3. The van der Waals surface area contributed by atoms with Gasteiger partial charge in [-0.3, -0.25) is 4.79 Å². The van der Waals surface area contributed by atoms with Gasteiger partial charge in [-0.25, -0.2) is 0 Å². The Morgan fingerprint density at radius 2 is 2.22 bits per heavy atom. The molecule has 5 heteroatoms. The van der Waals surface area contributed by atoms with Gasteiger partial charge in [0.2, 0.25) is 0 Å². The Labute approximate surface area is 113 Å². The number of aryl methyl sites for hydroxylation is 1. The number of fused-ring (bicyclic) bond motifs is 1. The van der Waals surface area contributed by atoms with Crippen molar-refractivity contribution in [2.24, 2.45) is 11.8 Å². The number of nitrogens with one attached hydrogen (secondary N) is 1. The molecule has 100 valence electrons. The average Bonchev–Trinajstić information content (AvgIpc) is 2.95. The van der Waals surface area contributed by atoms with Gasteiger partial charge in [-0.15, -0.1) is 12.4 Å². The van der Waals surface area contributed by atoms with Crippen molar-refractivity contribution in [1.29, 1.82) is 0 Å². The monoisotopic (exact) mass is 270 g/mol. The van der Waals surface area contributed by atoms with Gasteiger partial charge in [0.05, 0.1) is 11.8 Å². The number of rotatable bonds is 1. The van der Waals surface area contributed by atoms with Crippen molar-refractivity contribution in [3.05, 3.63) is 23.7 Å². The van der Waals surface area contributed by atoms with Gasteiger partial charge in [0, 0.05) is 13.1 Å². The number of hydrogen-bond donors (Lipinski definition) is 1. The summed E-state index contributed by atoms with van der Waals surface area (Å²) in [6.07, 6.45) is 2.72. The molecular formula is C13H19ClN2O2. The van der Waals surface area contributed by atoms with Gasteiger partial charge in [-0.05, 0) is 44.3 Å². The Morgan fingerprint density at radius 3 is 2.94 bits per heavy atom. The van der Waals surface area contributed by atoms with Crippen LogP contribution in [-0.2, 0) is 0 Å². The maximum absolute atomic E-state index is 12.3. The highest BCUT2D eigenvalue weighted by Crippen LogP contribution is 2.27. The van der Waals surface area contributed by atoms with E-state index >= 15 is 0 Å². The van der Waals surface area contributed by atoms with Crippen LogP contribution in [0.5, 0.6) is 0 Å². The van der Waals surface area contributed by atoms with Crippen LogP contribution < -0.4 is 5.32 Å². The Hall–Kier alpha value is -1.00. The van der Waals surface area contributed by atoms with Crippen molar-refractivity contribution in [2.45, 2.75) is 13.3 Å². The van der Waals surface area contributed by atoms with E-state index in [4.69, 9.17) is 4.42 Å². The average molecular weight is 271 g/mol. The van der Waals surface area contributed by atoms with Gasteiger partial charge in [-0.2, -0.15) is 0 Å².